The summed E-state index contributed by atoms with van der Waals surface area (Å²) in [4.78, 5) is 0. The molecule has 0 radical (unpaired) electrons. The molecule has 1 heteroatoms. The van der Waals surface area contributed by atoms with Gasteiger partial charge in [-0.3, -0.25) is 0 Å². The van der Waals surface area contributed by atoms with Gasteiger partial charge in [-0.15, -0.1) is 0 Å². The average Bonchev–Trinajstić information content (AvgIpc) is 3.43. The summed E-state index contributed by atoms with van der Waals surface area (Å²) >= 11 is 3.80. The van der Waals surface area contributed by atoms with Gasteiger partial charge in [0.25, 0.3) is 0 Å². The molecule has 0 aromatic heterocycles. The predicted molar refractivity (Wildman–Crippen MR) is 210 cm³/mol. The van der Waals surface area contributed by atoms with Crippen molar-refractivity contribution in [2.45, 2.75) is 32.1 Å². The summed E-state index contributed by atoms with van der Waals surface area (Å²) in [5, 5.41) is 7.80. The Bertz CT molecular complexity index is 2520. The van der Waals surface area contributed by atoms with E-state index >= 15 is 0 Å². The fraction of sp³-hybridized carbons (Fsp3) is 0.106. The van der Waals surface area contributed by atoms with E-state index in [1.165, 1.54) is 88.0 Å². The van der Waals surface area contributed by atoms with Gasteiger partial charge in [0.05, 0.1) is 0 Å². The molecule has 0 saturated carbocycles. The number of halogens is 1. The lowest BCUT2D eigenvalue weighted by molar-refractivity contribution is 0.490. The van der Waals surface area contributed by atoms with Gasteiger partial charge in [-0.2, -0.15) is 0 Å². The van der Waals surface area contributed by atoms with Crippen LogP contribution in [0.25, 0.3) is 76.8 Å². The van der Waals surface area contributed by atoms with E-state index in [1.54, 1.807) is 0 Å². The van der Waals surface area contributed by atoms with E-state index in [4.69, 9.17) is 0 Å². The van der Waals surface area contributed by atoms with Crippen molar-refractivity contribution in [2.75, 3.05) is 0 Å². The minimum atomic E-state index is -0.0284. The molecule has 0 spiro atoms. The normalized spacial score (nSPS) is 13.2. The highest BCUT2D eigenvalue weighted by atomic mass is 79.9. The fourth-order valence-corrected chi connectivity index (χ4v) is 9.09. The zero-order chi connectivity index (χ0) is 32.4. The summed E-state index contributed by atoms with van der Waals surface area (Å²) in [5.74, 6) is 0. The quantitative estimate of drug-likeness (QED) is 0.159. The Morgan fingerprint density at radius 3 is 1.56 bits per heavy atom. The number of fused-ring (bicyclic) bond motifs is 9. The second-order valence-corrected chi connectivity index (χ2v) is 14.1. The first kappa shape index (κ1) is 29.2. The van der Waals surface area contributed by atoms with Crippen LogP contribution in [0, 0.1) is 0 Å². The molecule has 0 bridgehead atoms. The molecule has 9 rings (SSSR count). The molecular formula is C47H35Br. The molecule has 0 fully saturated rings. The molecule has 1 aliphatic carbocycles. The topological polar surface area (TPSA) is 0 Å². The van der Waals surface area contributed by atoms with Gasteiger partial charge in [0, 0.05) is 9.89 Å². The zero-order valence-corrected chi connectivity index (χ0v) is 28.8. The van der Waals surface area contributed by atoms with Crippen molar-refractivity contribution < 1.29 is 0 Å². The lowest BCUT2D eigenvalue weighted by Crippen LogP contribution is -2.23. The standard InChI is InChI=1S/C47H35Br/c1-3-47(4-2)42-27-32(23-25-36(42)37-26-24-33(48)28-43(37)47)41-29-40(30-15-7-5-8-16-30)45-38-21-13-11-19-34(38)35-20-12-14-22-39(35)46(45)44(41)31-17-9-6-10-18-31/h5-29H,3-4H2,1-2H3. The van der Waals surface area contributed by atoms with Gasteiger partial charge in [0.2, 0.25) is 0 Å². The van der Waals surface area contributed by atoms with Gasteiger partial charge in [-0.05, 0) is 125 Å². The smallest absolute Gasteiger partial charge is 0.0210 e. The number of rotatable bonds is 5. The summed E-state index contributed by atoms with van der Waals surface area (Å²) in [6.07, 6.45) is 2.11. The third-order valence-electron chi connectivity index (χ3n) is 11.0. The largest absolute Gasteiger partial charge is 0.0642 e. The molecule has 0 aliphatic heterocycles. The van der Waals surface area contributed by atoms with Crippen molar-refractivity contribution in [1.29, 1.82) is 0 Å². The molecule has 1 aliphatic rings. The van der Waals surface area contributed by atoms with Gasteiger partial charge in [-0.25, -0.2) is 0 Å². The van der Waals surface area contributed by atoms with Crippen molar-refractivity contribution in [1.82, 2.24) is 0 Å². The van der Waals surface area contributed by atoms with Gasteiger partial charge in [0.1, 0.15) is 0 Å². The fourth-order valence-electron chi connectivity index (χ4n) is 8.73. The van der Waals surface area contributed by atoms with Crippen LogP contribution in [-0.2, 0) is 5.41 Å². The molecule has 8 aromatic carbocycles. The minimum absolute atomic E-state index is 0.0284. The highest BCUT2D eigenvalue weighted by Crippen LogP contribution is 2.55. The summed E-state index contributed by atoms with van der Waals surface area (Å²) in [6, 6.07) is 56.6. The molecule has 0 unspecified atom stereocenters. The van der Waals surface area contributed by atoms with E-state index in [2.05, 4.69) is 181 Å². The zero-order valence-electron chi connectivity index (χ0n) is 27.2. The van der Waals surface area contributed by atoms with E-state index in [-0.39, 0.29) is 5.41 Å². The lowest BCUT2D eigenvalue weighted by atomic mass is 9.73. The van der Waals surface area contributed by atoms with E-state index in [1.807, 2.05) is 0 Å². The summed E-state index contributed by atoms with van der Waals surface area (Å²) in [6.45, 7) is 4.71. The molecule has 230 valence electrons. The summed E-state index contributed by atoms with van der Waals surface area (Å²) in [5.41, 5.74) is 13.2. The second kappa shape index (κ2) is 11.3. The first-order chi connectivity index (χ1) is 23.6. The Morgan fingerprint density at radius 2 is 0.938 bits per heavy atom. The molecule has 0 amide bonds. The average molecular weight is 680 g/mol. The van der Waals surface area contributed by atoms with Crippen LogP contribution in [0.2, 0.25) is 0 Å². The van der Waals surface area contributed by atoms with E-state index in [0.717, 1.165) is 17.3 Å². The van der Waals surface area contributed by atoms with Gasteiger partial charge < -0.3 is 0 Å². The van der Waals surface area contributed by atoms with Crippen LogP contribution in [0.4, 0.5) is 0 Å². The second-order valence-electron chi connectivity index (χ2n) is 13.2. The maximum atomic E-state index is 3.80. The monoisotopic (exact) mass is 678 g/mol. The Balaban J connectivity index is 1.47. The van der Waals surface area contributed by atoms with Crippen molar-refractivity contribution in [3.05, 3.63) is 167 Å². The molecular weight excluding hydrogens is 644 g/mol. The Hall–Kier alpha value is -4.98. The van der Waals surface area contributed by atoms with Crippen LogP contribution >= 0.6 is 15.9 Å². The molecule has 48 heavy (non-hydrogen) atoms. The van der Waals surface area contributed by atoms with Crippen LogP contribution in [0.3, 0.4) is 0 Å². The highest BCUT2D eigenvalue weighted by Gasteiger charge is 2.41. The Labute approximate surface area is 290 Å². The van der Waals surface area contributed by atoms with E-state index in [0.29, 0.717) is 0 Å². The van der Waals surface area contributed by atoms with Crippen molar-refractivity contribution in [2.24, 2.45) is 0 Å². The van der Waals surface area contributed by atoms with Gasteiger partial charge in [0.15, 0.2) is 0 Å². The number of hydrogen-bond donors (Lipinski definition) is 0. The molecule has 0 N–H and O–H groups in total. The minimum Gasteiger partial charge on any atom is -0.0642 e. The molecule has 8 aromatic rings. The van der Waals surface area contributed by atoms with Crippen LogP contribution in [0.15, 0.2) is 156 Å². The molecule has 0 heterocycles. The molecule has 0 atom stereocenters. The highest BCUT2D eigenvalue weighted by molar-refractivity contribution is 9.10. The lowest BCUT2D eigenvalue weighted by Gasteiger charge is -2.30. The first-order valence-corrected chi connectivity index (χ1v) is 17.9. The van der Waals surface area contributed by atoms with Crippen LogP contribution in [-0.4, -0.2) is 0 Å². The molecule has 0 saturated heterocycles. The van der Waals surface area contributed by atoms with Crippen LogP contribution in [0.5, 0.6) is 0 Å². The van der Waals surface area contributed by atoms with E-state index < -0.39 is 0 Å². The molecule has 0 nitrogen and oxygen atoms in total. The Morgan fingerprint density at radius 1 is 0.417 bits per heavy atom. The summed E-state index contributed by atoms with van der Waals surface area (Å²) < 4.78 is 1.15. The Kier molecular flexibility index (Phi) is 6.88. The maximum absolute atomic E-state index is 3.80. The third-order valence-corrected chi connectivity index (χ3v) is 11.5. The first-order valence-electron chi connectivity index (χ1n) is 17.1. The van der Waals surface area contributed by atoms with Crippen LogP contribution in [0.1, 0.15) is 37.8 Å². The van der Waals surface area contributed by atoms with E-state index in [9.17, 15) is 0 Å². The van der Waals surface area contributed by atoms with Crippen LogP contribution < -0.4 is 0 Å². The number of hydrogen-bond acceptors (Lipinski definition) is 0. The maximum Gasteiger partial charge on any atom is 0.0210 e. The van der Waals surface area contributed by atoms with Crippen molar-refractivity contribution in [3.63, 3.8) is 0 Å². The number of benzene rings is 8. The summed E-state index contributed by atoms with van der Waals surface area (Å²) in [7, 11) is 0. The third kappa shape index (κ3) is 4.20. The van der Waals surface area contributed by atoms with Crippen molar-refractivity contribution >= 4 is 48.2 Å². The van der Waals surface area contributed by atoms with Gasteiger partial charge in [-0.1, -0.05) is 157 Å². The SMILES string of the molecule is CCC1(CC)c2cc(Br)ccc2-c2ccc(-c3cc(-c4ccccc4)c4c5ccccc5c5ccccc5c4c3-c3ccccc3)cc21. The van der Waals surface area contributed by atoms with Gasteiger partial charge >= 0.3 is 0 Å². The predicted octanol–water partition coefficient (Wildman–Crippen LogP) is 14.0. The van der Waals surface area contributed by atoms with Crippen molar-refractivity contribution in [3.8, 4) is 44.5 Å².